The van der Waals surface area contributed by atoms with Crippen molar-refractivity contribution in [2.24, 2.45) is 0 Å². The molecule has 0 unspecified atom stereocenters. The zero-order chi connectivity index (χ0) is 9.84. The third-order valence-electron chi connectivity index (χ3n) is 2.61. The Kier molecular flexibility index (Phi) is 4.09. The van der Waals surface area contributed by atoms with Gasteiger partial charge in [-0.1, -0.05) is 13.3 Å². The molecule has 0 amide bonds. The number of aliphatic hydroxyl groups excluding tert-OH is 2. The number of unbranched alkanes of at least 4 members (excludes halogenated alkanes) is 1. The van der Waals surface area contributed by atoms with Crippen molar-refractivity contribution in [2.45, 2.75) is 38.1 Å². The number of likely N-dealkylation sites (tertiary alicyclic amines) is 1. The van der Waals surface area contributed by atoms with Crippen molar-refractivity contribution in [3.63, 3.8) is 0 Å². The normalized spacial score (nSPS) is 35.5. The summed E-state index contributed by atoms with van der Waals surface area (Å²) in [6.45, 7) is 2.97. The van der Waals surface area contributed by atoms with Gasteiger partial charge in [-0.25, -0.2) is 4.39 Å². The van der Waals surface area contributed by atoms with Gasteiger partial charge in [0.1, 0.15) is 6.17 Å². The summed E-state index contributed by atoms with van der Waals surface area (Å²) in [5.74, 6) is 0. The van der Waals surface area contributed by atoms with Gasteiger partial charge in [-0.2, -0.15) is 0 Å². The van der Waals surface area contributed by atoms with Crippen LogP contribution in [-0.4, -0.2) is 53.1 Å². The fraction of sp³-hybridized carbons (Fsp3) is 1.00. The van der Waals surface area contributed by atoms with Crippen LogP contribution in [0.1, 0.15) is 19.8 Å². The summed E-state index contributed by atoms with van der Waals surface area (Å²) in [6, 6.07) is -0.499. The highest BCUT2D eigenvalue weighted by Gasteiger charge is 2.40. The standard InChI is InChI=1S/C9H18FNO2/c1-2-3-4-11-5-8(13)9(10)7(11)6-12/h7-9,12-13H,2-6H2,1H3/t7-,8-,9-/m0/s1. The van der Waals surface area contributed by atoms with Crippen LogP contribution in [0.2, 0.25) is 0 Å². The van der Waals surface area contributed by atoms with Gasteiger partial charge in [0.15, 0.2) is 0 Å². The number of β-amino-alcohol motifs (C(OH)–C–C–N with tert-alkyl or cyclic N) is 1. The molecule has 1 rings (SSSR count). The highest BCUT2D eigenvalue weighted by Crippen LogP contribution is 2.21. The van der Waals surface area contributed by atoms with Crippen molar-refractivity contribution in [3.8, 4) is 0 Å². The lowest BCUT2D eigenvalue weighted by Crippen LogP contribution is -2.37. The van der Waals surface area contributed by atoms with E-state index >= 15 is 0 Å². The first-order valence-electron chi connectivity index (χ1n) is 4.87. The average molecular weight is 191 g/mol. The first kappa shape index (κ1) is 10.9. The van der Waals surface area contributed by atoms with Crippen LogP contribution in [0.3, 0.4) is 0 Å². The van der Waals surface area contributed by atoms with Crippen molar-refractivity contribution < 1.29 is 14.6 Å². The molecule has 1 aliphatic rings. The Morgan fingerprint density at radius 1 is 1.54 bits per heavy atom. The average Bonchev–Trinajstić information content (AvgIpc) is 2.39. The molecule has 1 heterocycles. The monoisotopic (exact) mass is 191 g/mol. The van der Waals surface area contributed by atoms with Crippen LogP contribution in [0, 0.1) is 0 Å². The summed E-state index contributed by atoms with van der Waals surface area (Å²) in [5.41, 5.74) is 0. The van der Waals surface area contributed by atoms with Crippen LogP contribution < -0.4 is 0 Å². The quantitative estimate of drug-likeness (QED) is 0.665. The van der Waals surface area contributed by atoms with Crippen LogP contribution in [0.25, 0.3) is 0 Å². The predicted octanol–water partition coefficient (Wildman–Crippen LogP) is 0.162. The number of rotatable bonds is 4. The summed E-state index contributed by atoms with van der Waals surface area (Å²) < 4.78 is 13.2. The van der Waals surface area contributed by atoms with E-state index in [0.717, 1.165) is 19.4 Å². The van der Waals surface area contributed by atoms with Crippen LogP contribution in [-0.2, 0) is 0 Å². The molecule has 78 valence electrons. The molecular formula is C9H18FNO2. The Balaban J connectivity index is 2.44. The molecule has 0 aromatic rings. The molecule has 13 heavy (non-hydrogen) atoms. The minimum absolute atomic E-state index is 0.206. The van der Waals surface area contributed by atoms with Crippen molar-refractivity contribution in [1.29, 1.82) is 0 Å². The van der Waals surface area contributed by atoms with Gasteiger partial charge in [0, 0.05) is 6.54 Å². The van der Waals surface area contributed by atoms with E-state index in [1.165, 1.54) is 0 Å². The molecule has 0 spiro atoms. The predicted molar refractivity (Wildman–Crippen MR) is 48.3 cm³/mol. The molecule has 3 atom stereocenters. The number of nitrogens with zero attached hydrogens (tertiary/aromatic N) is 1. The number of hydrogen-bond acceptors (Lipinski definition) is 3. The maximum absolute atomic E-state index is 13.2. The number of aliphatic hydroxyl groups is 2. The molecule has 1 fully saturated rings. The van der Waals surface area contributed by atoms with Crippen molar-refractivity contribution in [2.75, 3.05) is 19.7 Å². The second-order valence-electron chi connectivity index (χ2n) is 3.61. The summed E-state index contributed by atoms with van der Waals surface area (Å²) in [5, 5.41) is 18.2. The van der Waals surface area contributed by atoms with Crippen LogP contribution >= 0.6 is 0 Å². The van der Waals surface area contributed by atoms with Gasteiger partial charge in [0.25, 0.3) is 0 Å². The molecule has 2 N–H and O–H groups in total. The van der Waals surface area contributed by atoms with E-state index in [2.05, 4.69) is 6.92 Å². The van der Waals surface area contributed by atoms with Gasteiger partial charge in [-0.05, 0) is 13.0 Å². The minimum Gasteiger partial charge on any atom is -0.395 e. The summed E-state index contributed by atoms with van der Waals surface area (Å²) in [4.78, 5) is 1.83. The molecule has 0 radical (unpaired) electrons. The SMILES string of the molecule is CCCCN1C[C@H](O)[C@@H](F)[C@@H]1CO. The first-order valence-corrected chi connectivity index (χ1v) is 4.87. The molecule has 0 saturated carbocycles. The lowest BCUT2D eigenvalue weighted by Gasteiger charge is -2.22. The Bertz CT molecular complexity index is 157. The second-order valence-corrected chi connectivity index (χ2v) is 3.61. The molecule has 1 saturated heterocycles. The maximum atomic E-state index is 13.2. The zero-order valence-electron chi connectivity index (χ0n) is 7.99. The second kappa shape index (κ2) is 4.88. The van der Waals surface area contributed by atoms with Crippen LogP contribution in [0.4, 0.5) is 4.39 Å². The van der Waals surface area contributed by atoms with Crippen molar-refractivity contribution in [3.05, 3.63) is 0 Å². The number of halogens is 1. The van der Waals surface area contributed by atoms with Gasteiger partial charge in [0.2, 0.25) is 0 Å². The number of hydrogen-bond donors (Lipinski definition) is 2. The van der Waals surface area contributed by atoms with Gasteiger partial charge < -0.3 is 10.2 Å². The Hall–Kier alpha value is -0.190. The molecule has 0 aromatic heterocycles. The Morgan fingerprint density at radius 3 is 2.77 bits per heavy atom. The molecule has 1 aliphatic heterocycles. The van der Waals surface area contributed by atoms with E-state index in [1.807, 2.05) is 4.90 Å². The fourth-order valence-corrected chi connectivity index (χ4v) is 1.77. The fourth-order valence-electron chi connectivity index (χ4n) is 1.77. The van der Waals surface area contributed by atoms with E-state index in [9.17, 15) is 9.50 Å². The van der Waals surface area contributed by atoms with E-state index in [1.54, 1.807) is 0 Å². The smallest absolute Gasteiger partial charge is 0.145 e. The molecular weight excluding hydrogens is 173 g/mol. The van der Waals surface area contributed by atoms with Gasteiger partial charge in [-0.15, -0.1) is 0 Å². The maximum Gasteiger partial charge on any atom is 0.145 e. The van der Waals surface area contributed by atoms with E-state index in [4.69, 9.17) is 5.11 Å². The molecule has 4 heteroatoms. The van der Waals surface area contributed by atoms with Crippen LogP contribution in [0.15, 0.2) is 0 Å². The van der Waals surface area contributed by atoms with E-state index in [-0.39, 0.29) is 6.61 Å². The van der Waals surface area contributed by atoms with Crippen LogP contribution in [0.5, 0.6) is 0 Å². The lowest BCUT2D eigenvalue weighted by molar-refractivity contribution is 0.0831. The Labute approximate surface area is 78.2 Å². The number of alkyl halides is 1. The van der Waals surface area contributed by atoms with Gasteiger partial charge >= 0.3 is 0 Å². The van der Waals surface area contributed by atoms with Gasteiger partial charge in [-0.3, -0.25) is 4.90 Å². The molecule has 0 aliphatic carbocycles. The largest absolute Gasteiger partial charge is 0.395 e. The third kappa shape index (κ3) is 2.39. The van der Waals surface area contributed by atoms with Crippen molar-refractivity contribution in [1.82, 2.24) is 4.90 Å². The van der Waals surface area contributed by atoms with E-state index < -0.39 is 18.3 Å². The van der Waals surface area contributed by atoms with Gasteiger partial charge in [0.05, 0.1) is 18.8 Å². The molecule has 0 aromatic carbocycles. The zero-order valence-corrected chi connectivity index (χ0v) is 7.99. The van der Waals surface area contributed by atoms with E-state index in [0.29, 0.717) is 6.54 Å². The topological polar surface area (TPSA) is 43.7 Å². The summed E-state index contributed by atoms with van der Waals surface area (Å²) >= 11 is 0. The highest BCUT2D eigenvalue weighted by molar-refractivity contribution is 4.93. The first-order chi connectivity index (χ1) is 6.20. The third-order valence-corrected chi connectivity index (χ3v) is 2.61. The Morgan fingerprint density at radius 2 is 2.23 bits per heavy atom. The summed E-state index contributed by atoms with van der Waals surface area (Å²) in [6.07, 6.45) is -0.187. The van der Waals surface area contributed by atoms with Crippen molar-refractivity contribution >= 4 is 0 Å². The summed E-state index contributed by atoms with van der Waals surface area (Å²) in [7, 11) is 0. The lowest BCUT2D eigenvalue weighted by atomic mass is 10.2. The molecule has 0 bridgehead atoms. The highest BCUT2D eigenvalue weighted by atomic mass is 19.1. The molecule has 3 nitrogen and oxygen atoms in total. The minimum atomic E-state index is -1.29.